The van der Waals surface area contributed by atoms with Crippen LogP contribution in [0.15, 0.2) is 18.2 Å². The number of ether oxygens (including phenoxy) is 1. The van der Waals surface area contributed by atoms with Gasteiger partial charge in [-0.15, -0.1) is 0 Å². The first kappa shape index (κ1) is 13.1. The van der Waals surface area contributed by atoms with Gasteiger partial charge in [0.25, 0.3) is 0 Å². The van der Waals surface area contributed by atoms with E-state index in [9.17, 15) is 4.79 Å². The van der Waals surface area contributed by atoms with Gasteiger partial charge in [0, 0.05) is 5.56 Å². The van der Waals surface area contributed by atoms with E-state index in [1.54, 1.807) is 0 Å². The highest BCUT2D eigenvalue weighted by Gasteiger charge is 2.15. The maximum atomic E-state index is 10.9. The highest BCUT2D eigenvalue weighted by molar-refractivity contribution is 5.87. The number of aromatic amines is 1. The molecule has 2 aromatic rings. The molecular formula is C14H16N2O3. The van der Waals surface area contributed by atoms with Crippen molar-refractivity contribution in [2.45, 2.75) is 20.8 Å². The highest BCUT2D eigenvalue weighted by atomic mass is 16.5. The summed E-state index contributed by atoms with van der Waals surface area (Å²) in [6, 6.07) is 5.38. The fourth-order valence-electron chi connectivity index (χ4n) is 1.89. The highest BCUT2D eigenvalue weighted by Crippen LogP contribution is 2.34. The molecule has 0 atom stereocenters. The van der Waals surface area contributed by atoms with Crippen molar-refractivity contribution in [1.82, 2.24) is 10.2 Å². The number of carboxylic acids is 1. The molecule has 1 heterocycles. The zero-order valence-electron chi connectivity index (χ0n) is 11.2. The Morgan fingerprint density at radius 3 is 2.74 bits per heavy atom. The number of carboxylic acid groups (broad SMARTS) is 1. The number of benzene rings is 1. The van der Waals surface area contributed by atoms with Crippen LogP contribution in [0.2, 0.25) is 0 Å². The molecule has 100 valence electrons. The van der Waals surface area contributed by atoms with Crippen molar-refractivity contribution >= 4 is 5.97 Å². The second-order valence-corrected chi connectivity index (χ2v) is 4.29. The molecule has 0 unspecified atom stereocenters. The molecule has 0 saturated carbocycles. The van der Waals surface area contributed by atoms with E-state index in [1.165, 1.54) is 6.07 Å². The molecule has 1 aromatic carbocycles. The average Bonchev–Trinajstić information content (AvgIpc) is 2.85. The minimum absolute atomic E-state index is 0.0654. The first-order valence-electron chi connectivity index (χ1n) is 6.06. The zero-order valence-corrected chi connectivity index (χ0v) is 11.2. The van der Waals surface area contributed by atoms with Crippen molar-refractivity contribution < 1.29 is 14.6 Å². The molecule has 0 spiro atoms. The van der Waals surface area contributed by atoms with Gasteiger partial charge in [0.1, 0.15) is 11.4 Å². The van der Waals surface area contributed by atoms with Gasteiger partial charge < -0.3 is 9.84 Å². The van der Waals surface area contributed by atoms with Crippen molar-refractivity contribution in [3.63, 3.8) is 0 Å². The van der Waals surface area contributed by atoms with Crippen LogP contribution in [0, 0.1) is 13.8 Å². The van der Waals surface area contributed by atoms with Gasteiger partial charge in [-0.25, -0.2) is 4.79 Å². The summed E-state index contributed by atoms with van der Waals surface area (Å²) in [5, 5.41) is 15.5. The summed E-state index contributed by atoms with van der Waals surface area (Å²) in [4.78, 5) is 10.9. The Morgan fingerprint density at radius 1 is 1.42 bits per heavy atom. The number of rotatable bonds is 4. The fourth-order valence-corrected chi connectivity index (χ4v) is 1.89. The third kappa shape index (κ3) is 2.45. The van der Waals surface area contributed by atoms with Gasteiger partial charge in [0.15, 0.2) is 0 Å². The van der Waals surface area contributed by atoms with E-state index in [2.05, 4.69) is 10.2 Å². The molecule has 0 aliphatic carbocycles. The van der Waals surface area contributed by atoms with E-state index < -0.39 is 5.97 Å². The van der Waals surface area contributed by atoms with Gasteiger partial charge in [0.05, 0.1) is 12.3 Å². The van der Waals surface area contributed by atoms with Crippen molar-refractivity contribution in [3.05, 3.63) is 35.0 Å². The molecular weight excluding hydrogens is 244 g/mol. The first-order valence-corrected chi connectivity index (χ1v) is 6.06. The summed E-state index contributed by atoms with van der Waals surface area (Å²) in [6.07, 6.45) is 0. The average molecular weight is 260 g/mol. The van der Waals surface area contributed by atoms with Crippen LogP contribution in [0.4, 0.5) is 0 Å². The fraction of sp³-hybridized carbons (Fsp3) is 0.286. The third-order valence-electron chi connectivity index (χ3n) is 3.05. The zero-order chi connectivity index (χ0) is 14.0. The molecule has 2 rings (SSSR count). The SMILES string of the molecule is CCOc1c(-c2cc(C(=O)O)[nH]n2)ccc(C)c1C. The largest absolute Gasteiger partial charge is 0.493 e. The predicted molar refractivity (Wildman–Crippen MR) is 71.6 cm³/mol. The van der Waals surface area contributed by atoms with Crippen molar-refractivity contribution in [3.8, 4) is 17.0 Å². The molecule has 5 nitrogen and oxygen atoms in total. The van der Waals surface area contributed by atoms with Crippen LogP contribution >= 0.6 is 0 Å². The van der Waals surface area contributed by atoms with Crippen LogP contribution in [0.3, 0.4) is 0 Å². The predicted octanol–water partition coefficient (Wildman–Crippen LogP) is 2.79. The lowest BCUT2D eigenvalue weighted by molar-refractivity contribution is 0.0690. The van der Waals surface area contributed by atoms with E-state index in [-0.39, 0.29) is 5.69 Å². The number of aromatic carboxylic acids is 1. The van der Waals surface area contributed by atoms with E-state index in [4.69, 9.17) is 9.84 Å². The topological polar surface area (TPSA) is 75.2 Å². The van der Waals surface area contributed by atoms with Crippen LogP contribution in [0.5, 0.6) is 5.75 Å². The van der Waals surface area contributed by atoms with Crippen molar-refractivity contribution in [1.29, 1.82) is 0 Å². The van der Waals surface area contributed by atoms with Crippen LogP contribution < -0.4 is 4.74 Å². The van der Waals surface area contributed by atoms with Gasteiger partial charge in [-0.05, 0) is 44.0 Å². The lowest BCUT2D eigenvalue weighted by Gasteiger charge is -2.13. The van der Waals surface area contributed by atoms with Gasteiger partial charge >= 0.3 is 5.97 Å². The Labute approximate surface area is 111 Å². The quantitative estimate of drug-likeness (QED) is 0.886. The normalized spacial score (nSPS) is 10.5. The van der Waals surface area contributed by atoms with E-state index in [0.717, 1.165) is 22.4 Å². The van der Waals surface area contributed by atoms with Gasteiger partial charge in [-0.2, -0.15) is 5.10 Å². The number of carbonyl (C=O) groups is 1. The molecule has 0 saturated heterocycles. The summed E-state index contributed by atoms with van der Waals surface area (Å²) in [5.41, 5.74) is 3.61. The van der Waals surface area contributed by atoms with Crippen molar-refractivity contribution in [2.75, 3.05) is 6.61 Å². The molecule has 0 fully saturated rings. The van der Waals surface area contributed by atoms with Crippen LogP contribution in [0.1, 0.15) is 28.5 Å². The summed E-state index contributed by atoms with van der Waals surface area (Å²) in [5.74, 6) is -0.272. The molecule has 0 aliphatic rings. The molecule has 0 bridgehead atoms. The number of nitrogens with one attached hydrogen (secondary N) is 1. The Hall–Kier alpha value is -2.30. The smallest absolute Gasteiger partial charge is 0.353 e. The molecule has 1 aromatic heterocycles. The van der Waals surface area contributed by atoms with E-state index in [0.29, 0.717) is 12.3 Å². The van der Waals surface area contributed by atoms with Gasteiger partial charge in [0.2, 0.25) is 0 Å². The molecule has 0 aliphatic heterocycles. The summed E-state index contributed by atoms with van der Waals surface area (Å²) in [6.45, 7) is 6.45. The number of H-pyrrole nitrogens is 1. The Bertz CT molecular complexity index is 617. The van der Waals surface area contributed by atoms with Gasteiger partial charge in [-0.3, -0.25) is 5.10 Å². The molecule has 2 N–H and O–H groups in total. The number of hydrogen-bond acceptors (Lipinski definition) is 3. The number of aryl methyl sites for hydroxylation is 1. The summed E-state index contributed by atoms with van der Waals surface area (Å²) in [7, 11) is 0. The van der Waals surface area contributed by atoms with Crippen LogP contribution in [0.25, 0.3) is 11.3 Å². The van der Waals surface area contributed by atoms with E-state index in [1.807, 2.05) is 32.9 Å². The van der Waals surface area contributed by atoms with Gasteiger partial charge in [-0.1, -0.05) is 6.07 Å². The molecule has 0 radical (unpaired) electrons. The Kier molecular flexibility index (Phi) is 3.55. The minimum Gasteiger partial charge on any atom is -0.493 e. The molecule has 5 heteroatoms. The Balaban J connectivity index is 2.54. The lowest BCUT2D eigenvalue weighted by Crippen LogP contribution is -1.98. The van der Waals surface area contributed by atoms with Crippen LogP contribution in [-0.4, -0.2) is 27.9 Å². The molecule has 19 heavy (non-hydrogen) atoms. The maximum absolute atomic E-state index is 10.9. The first-order chi connectivity index (χ1) is 9.04. The van der Waals surface area contributed by atoms with Crippen LogP contribution in [-0.2, 0) is 0 Å². The maximum Gasteiger partial charge on any atom is 0.353 e. The van der Waals surface area contributed by atoms with E-state index >= 15 is 0 Å². The number of nitrogens with zero attached hydrogens (tertiary/aromatic N) is 1. The molecule has 0 amide bonds. The Morgan fingerprint density at radius 2 is 2.16 bits per heavy atom. The monoisotopic (exact) mass is 260 g/mol. The standard InChI is InChI=1S/C14H16N2O3/c1-4-19-13-9(3)8(2)5-6-10(13)11-7-12(14(17)18)16-15-11/h5-7H,4H2,1-3H3,(H,15,16)(H,17,18). The summed E-state index contributed by atoms with van der Waals surface area (Å²) >= 11 is 0. The van der Waals surface area contributed by atoms with Crippen molar-refractivity contribution in [2.24, 2.45) is 0 Å². The second-order valence-electron chi connectivity index (χ2n) is 4.29. The third-order valence-corrected chi connectivity index (χ3v) is 3.05. The second kappa shape index (κ2) is 5.14. The minimum atomic E-state index is -1.03. The summed E-state index contributed by atoms with van der Waals surface area (Å²) < 4.78 is 5.67. The lowest BCUT2D eigenvalue weighted by atomic mass is 10.0. The number of hydrogen-bond donors (Lipinski definition) is 2. The number of aromatic nitrogens is 2.